The number of nitrogens with one attached hydrogen (secondary N) is 1. The molecule has 0 aliphatic carbocycles. The summed E-state index contributed by atoms with van der Waals surface area (Å²) in [5, 5.41) is 2.89. The Balaban J connectivity index is 1.41. The molecule has 0 saturated carbocycles. The molecule has 28 heavy (non-hydrogen) atoms. The van der Waals surface area contributed by atoms with E-state index in [0.29, 0.717) is 28.6 Å². The van der Waals surface area contributed by atoms with Crippen LogP contribution in [0.4, 0.5) is 11.6 Å². The van der Waals surface area contributed by atoms with Crippen LogP contribution in [0.15, 0.2) is 60.8 Å². The molecule has 0 spiro atoms. The Morgan fingerprint density at radius 2 is 1.68 bits per heavy atom. The van der Waals surface area contributed by atoms with Gasteiger partial charge in [0.05, 0.1) is 11.3 Å². The van der Waals surface area contributed by atoms with Gasteiger partial charge in [-0.1, -0.05) is 18.2 Å². The van der Waals surface area contributed by atoms with Crippen LogP contribution in [0.5, 0.6) is 11.5 Å². The number of para-hydroxylation sites is 1. The minimum atomic E-state index is -0.220. The molecule has 6 nitrogen and oxygen atoms in total. The summed E-state index contributed by atoms with van der Waals surface area (Å²) in [6, 6.07) is 16.8. The molecular weight excluding hydrogens is 352 g/mol. The van der Waals surface area contributed by atoms with E-state index in [9.17, 15) is 4.79 Å². The number of aromatic nitrogens is 2. The first-order valence-corrected chi connectivity index (χ1v) is 9.42. The highest BCUT2D eigenvalue weighted by Gasteiger charge is 2.18. The van der Waals surface area contributed by atoms with Gasteiger partial charge in [0, 0.05) is 25.0 Å². The minimum Gasteiger partial charge on any atom is -0.457 e. The third kappa shape index (κ3) is 4.11. The Bertz CT molecular complexity index is 952. The lowest BCUT2D eigenvalue weighted by Crippen LogP contribution is -2.22. The second-order valence-electron chi connectivity index (χ2n) is 6.76. The second-order valence-corrected chi connectivity index (χ2v) is 6.76. The number of aryl methyl sites for hydroxylation is 1. The van der Waals surface area contributed by atoms with Crippen LogP contribution in [0.3, 0.4) is 0 Å². The van der Waals surface area contributed by atoms with E-state index in [1.807, 2.05) is 61.5 Å². The number of carbonyl (C=O) groups is 1. The zero-order chi connectivity index (χ0) is 19.3. The lowest BCUT2D eigenvalue weighted by Gasteiger charge is -2.16. The average molecular weight is 374 g/mol. The van der Waals surface area contributed by atoms with Crippen molar-refractivity contribution in [2.24, 2.45) is 0 Å². The summed E-state index contributed by atoms with van der Waals surface area (Å²) in [6.45, 7) is 3.79. The lowest BCUT2D eigenvalue weighted by molar-refractivity contribution is 0.102. The molecule has 0 bridgehead atoms. The molecule has 0 radical (unpaired) electrons. The fourth-order valence-electron chi connectivity index (χ4n) is 3.18. The van der Waals surface area contributed by atoms with E-state index in [1.54, 1.807) is 6.20 Å². The Hall–Kier alpha value is -3.41. The highest BCUT2D eigenvalue weighted by molar-refractivity contribution is 6.04. The SMILES string of the molecule is Cc1nc(N2CCCC2)ncc1C(=O)Nc1ccc(Oc2ccccc2)cc1. The van der Waals surface area contributed by atoms with Gasteiger partial charge in [-0.2, -0.15) is 0 Å². The van der Waals surface area contributed by atoms with E-state index >= 15 is 0 Å². The number of hydrogen-bond acceptors (Lipinski definition) is 5. The topological polar surface area (TPSA) is 67.4 Å². The van der Waals surface area contributed by atoms with Crippen molar-refractivity contribution in [3.63, 3.8) is 0 Å². The molecule has 3 aromatic rings. The van der Waals surface area contributed by atoms with Crippen molar-refractivity contribution in [3.05, 3.63) is 72.1 Å². The van der Waals surface area contributed by atoms with Crippen LogP contribution in [-0.2, 0) is 0 Å². The molecule has 1 fully saturated rings. The number of benzene rings is 2. The predicted octanol–water partition coefficient (Wildman–Crippen LogP) is 4.43. The van der Waals surface area contributed by atoms with Gasteiger partial charge in [-0.15, -0.1) is 0 Å². The van der Waals surface area contributed by atoms with Gasteiger partial charge in [-0.3, -0.25) is 4.79 Å². The molecule has 0 unspecified atom stereocenters. The predicted molar refractivity (Wildman–Crippen MR) is 109 cm³/mol. The third-order valence-electron chi connectivity index (χ3n) is 4.69. The Kier molecular flexibility index (Phi) is 5.19. The van der Waals surface area contributed by atoms with Crippen molar-refractivity contribution in [3.8, 4) is 11.5 Å². The molecule has 6 heteroatoms. The lowest BCUT2D eigenvalue weighted by atomic mass is 10.2. The second kappa shape index (κ2) is 8.08. The van der Waals surface area contributed by atoms with Crippen LogP contribution in [0.25, 0.3) is 0 Å². The van der Waals surface area contributed by atoms with Crippen LogP contribution in [0.2, 0.25) is 0 Å². The molecule has 1 aromatic heterocycles. The first-order valence-electron chi connectivity index (χ1n) is 9.42. The molecule has 1 N–H and O–H groups in total. The van der Waals surface area contributed by atoms with Gasteiger partial charge in [0.2, 0.25) is 5.95 Å². The summed E-state index contributed by atoms with van der Waals surface area (Å²) in [5.41, 5.74) is 1.85. The van der Waals surface area contributed by atoms with Crippen LogP contribution in [0.1, 0.15) is 28.9 Å². The Morgan fingerprint density at radius 1 is 1.00 bits per heavy atom. The zero-order valence-corrected chi connectivity index (χ0v) is 15.8. The molecule has 4 rings (SSSR count). The van der Waals surface area contributed by atoms with Crippen molar-refractivity contribution in [2.75, 3.05) is 23.3 Å². The van der Waals surface area contributed by atoms with Crippen LogP contribution >= 0.6 is 0 Å². The summed E-state index contributed by atoms with van der Waals surface area (Å²) in [7, 11) is 0. The van der Waals surface area contributed by atoms with Crippen LogP contribution in [0, 0.1) is 6.92 Å². The molecule has 2 aromatic carbocycles. The van der Waals surface area contributed by atoms with Gasteiger partial charge in [-0.25, -0.2) is 9.97 Å². The molecule has 1 saturated heterocycles. The number of amides is 1. The Morgan fingerprint density at radius 3 is 2.36 bits per heavy atom. The summed E-state index contributed by atoms with van der Waals surface area (Å²) < 4.78 is 5.77. The molecular formula is C22H22N4O2. The van der Waals surface area contributed by atoms with Gasteiger partial charge < -0.3 is 15.0 Å². The van der Waals surface area contributed by atoms with Crippen molar-refractivity contribution < 1.29 is 9.53 Å². The highest BCUT2D eigenvalue weighted by atomic mass is 16.5. The maximum atomic E-state index is 12.6. The van der Waals surface area contributed by atoms with E-state index in [2.05, 4.69) is 20.2 Å². The number of nitrogens with zero attached hydrogens (tertiary/aromatic N) is 3. The van der Waals surface area contributed by atoms with E-state index in [1.165, 1.54) is 0 Å². The van der Waals surface area contributed by atoms with E-state index in [4.69, 9.17) is 4.74 Å². The first-order chi connectivity index (χ1) is 13.7. The van der Waals surface area contributed by atoms with E-state index in [0.717, 1.165) is 31.7 Å². The van der Waals surface area contributed by atoms with Gasteiger partial charge in [0.25, 0.3) is 5.91 Å². The summed E-state index contributed by atoms with van der Waals surface area (Å²) in [5.74, 6) is 1.96. The van der Waals surface area contributed by atoms with Gasteiger partial charge in [-0.05, 0) is 56.2 Å². The van der Waals surface area contributed by atoms with Crippen molar-refractivity contribution in [2.45, 2.75) is 19.8 Å². The molecule has 1 aliphatic rings. The van der Waals surface area contributed by atoms with Gasteiger partial charge in [0.15, 0.2) is 0 Å². The number of anilines is 2. The fourth-order valence-corrected chi connectivity index (χ4v) is 3.18. The molecule has 1 aliphatic heterocycles. The maximum absolute atomic E-state index is 12.6. The third-order valence-corrected chi connectivity index (χ3v) is 4.69. The maximum Gasteiger partial charge on any atom is 0.259 e. The monoisotopic (exact) mass is 374 g/mol. The molecule has 2 heterocycles. The van der Waals surface area contributed by atoms with E-state index < -0.39 is 0 Å². The summed E-state index contributed by atoms with van der Waals surface area (Å²) >= 11 is 0. The van der Waals surface area contributed by atoms with Crippen LogP contribution in [-0.4, -0.2) is 29.0 Å². The number of hydrogen-bond donors (Lipinski definition) is 1. The first kappa shape index (κ1) is 18.0. The molecule has 0 atom stereocenters. The largest absolute Gasteiger partial charge is 0.457 e. The molecule has 1 amide bonds. The minimum absolute atomic E-state index is 0.220. The fraction of sp³-hybridized carbons (Fsp3) is 0.227. The number of rotatable bonds is 5. The smallest absolute Gasteiger partial charge is 0.259 e. The number of carbonyl (C=O) groups excluding carboxylic acids is 1. The number of ether oxygens (including phenoxy) is 1. The molecule has 142 valence electrons. The zero-order valence-electron chi connectivity index (χ0n) is 15.8. The Labute approximate surface area is 164 Å². The standard InChI is InChI=1S/C22H22N4O2/c1-16-20(15-23-22(24-16)26-13-5-6-14-26)21(27)25-17-9-11-19(12-10-17)28-18-7-3-2-4-8-18/h2-4,7-12,15H,5-6,13-14H2,1H3,(H,25,27). The van der Waals surface area contributed by atoms with Gasteiger partial charge >= 0.3 is 0 Å². The van der Waals surface area contributed by atoms with E-state index in [-0.39, 0.29) is 5.91 Å². The highest BCUT2D eigenvalue weighted by Crippen LogP contribution is 2.23. The van der Waals surface area contributed by atoms with Crippen molar-refractivity contribution in [1.29, 1.82) is 0 Å². The normalized spacial score (nSPS) is 13.4. The summed E-state index contributed by atoms with van der Waals surface area (Å²) in [6.07, 6.45) is 3.93. The van der Waals surface area contributed by atoms with Crippen LogP contribution < -0.4 is 15.0 Å². The average Bonchev–Trinajstić information content (AvgIpc) is 3.25. The summed E-state index contributed by atoms with van der Waals surface area (Å²) in [4.78, 5) is 23.7. The van der Waals surface area contributed by atoms with Crippen molar-refractivity contribution in [1.82, 2.24) is 9.97 Å². The quantitative estimate of drug-likeness (QED) is 0.716. The van der Waals surface area contributed by atoms with Crippen molar-refractivity contribution >= 4 is 17.5 Å². The van der Waals surface area contributed by atoms with Gasteiger partial charge in [0.1, 0.15) is 11.5 Å².